The number of hydrogen-bond acceptors (Lipinski definition) is 6. The van der Waals surface area contributed by atoms with Gasteiger partial charge in [-0.1, -0.05) is 36.4 Å². The second-order valence-corrected chi connectivity index (χ2v) is 8.39. The number of aromatic nitrogens is 1. The van der Waals surface area contributed by atoms with Crippen molar-refractivity contribution in [1.82, 2.24) is 4.57 Å². The van der Waals surface area contributed by atoms with Crippen molar-refractivity contribution in [3.05, 3.63) is 117 Å². The van der Waals surface area contributed by atoms with Crippen molar-refractivity contribution in [3.8, 4) is 5.75 Å². The number of pyridine rings is 1. The first-order valence-electron chi connectivity index (χ1n) is 10.9. The first kappa shape index (κ1) is 22.0. The molecular weight excluding hydrogens is 444 g/mol. The molecule has 1 aliphatic rings. The van der Waals surface area contributed by atoms with Crippen LogP contribution in [0.5, 0.6) is 5.75 Å². The first-order valence-corrected chi connectivity index (χ1v) is 10.9. The highest BCUT2D eigenvalue weighted by molar-refractivity contribution is 6.28. The van der Waals surface area contributed by atoms with Gasteiger partial charge in [0.15, 0.2) is 17.3 Å². The third-order valence-corrected chi connectivity index (χ3v) is 6.14. The number of para-hydroxylation sites is 1. The second kappa shape index (κ2) is 8.22. The maximum absolute atomic E-state index is 13.0. The zero-order valence-electron chi connectivity index (χ0n) is 19.0. The number of anilines is 1. The van der Waals surface area contributed by atoms with Gasteiger partial charge in [-0.15, -0.1) is 0 Å². The van der Waals surface area contributed by atoms with Crippen LogP contribution in [0.1, 0.15) is 49.1 Å². The molecule has 172 valence electrons. The molecule has 0 spiro atoms. The number of nitrogens with zero attached hydrogens (tertiary/aromatic N) is 1. The molecule has 0 saturated heterocycles. The number of benzene rings is 3. The Labute approximate surface area is 200 Å². The molecule has 0 unspecified atom stereocenters. The molecule has 2 N–H and O–H groups in total. The summed E-state index contributed by atoms with van der Waals surface area (Å²) in [7, 11) is 1.54. The van der Waals surface area contributed by atoms with E-state index in [1.54, 1.807) is 80.7 Å². The molecule has 0 saturated carbocycles. The number of nitrogens with one attached hydrogen (secondary N) is 1. The normalized spacial score (nSPS) is 12.9. The van der Waals surface area contributed by atoms with Crippen LogP contribution in [0.25, 0.3) is 10.9 Å². The van der Waals surface area contributed by atoms with Gasteiger partial charge in [0, 0.05) is 52.1 Å². The third-order valence-electron chi connectivity index (χ3n) is 6.14. The number of carbonyl (C=O) groups is 3. The summed E-state index contributed by atoms with van der Waals surface area (Å²) in [4.78, 5) is 51.5. The zero-order valence-corrected chi connectivity index (χ0v) is 19.0. The van der Waals surface area contributed by atoms with E-state index in [0.717, 1.165) is 0 Å². The molecule has 1 aliphatic carbocycles. The zero-order chi connectivity index (χ0) is 24.9. The lowest BCUT2D eigenvalue weighted by atomic mass is 9.84. The second-order valence-electron chi connectivity index (χ2n) is 8.39. The minimum Gasteiger partial charge on any atom is -0.506 e. The summed E-state index contributed by atoms with van der Waals surface area (Å²) >= 11 is 0. The molecular formula is C28H20N2O5. The predicted molar refractivity (Wildman–Crippen MR) is 132 cm³/mol. The molecule has 0 bridgehead atoms. The van der Waals surface area contributed by atoms with Gasteiger partial charge in [-0.3, -0.25) is 19.2 Å². The van der Waals surface area contributed by atoms with Gasteiger partial charge in [-0.25, -0.2) is 0 Å². The molecule has 0 aliphatic heterocycles. The highest BCUT2D eigenvalue weighted by atomic mass is 16.3. The van der Waals surface area contributed by atoms with E-state index in [4.69, 9.17) is 0 Å². The standard InChI is InChI=1S/C28H20N2O5/c1-15(13-23(31)24-27(34)20-9-5-6-10-22(20)30(2)28(24)35)29-16-11-12-19-21(14-16)26(33)18-8-4-3-7-17(18)25(19)32/h3-14,29,34H,1-2H3/b15-13-. The third kappa shape index (κ3) is 3.54. The van der Waals surface area contributed by atoms with E-state index in [2.05, 4.69) is 5.32 Å². The number of hydrogen-bond donors (Lipinski definition) is 2. The average Bonchev–Trinajstić information content (AvgIpc) is 2.86. The van der Waals surface area contributed by atoms with E-state index in [9.17, 15) is 24.3 Å². The Morgan fingerprint density at radius 1 is 0.857 bits per heavy atom. The Hall–Kier alpha value is -4.78. The number of aromatic hydroxyl groups is 1. The molecule has 5 rings (SSSR count). The Morgan fingerprint density at radius 2 is 1.46 bits per heavy atom. The van der Waals surface area contributed by atoms with Crippen molar-refractivity contribution < 1.29 is 19.5 Å². The van der Waals surface area contributed by atoms with Crippen LogP contribution in [0.15, 0.2) is 83.3 Å². The fraction of sp³-hybridized carbons (Fsp3) is 0.0714. The van der Waals surface area contributed by atoms with Crippen LogP contribution < -0.4 is 10.9 Å². The Morgan fingerprint density at radius 3 is 2.17 bits per heavy atom. The van der Waals surface area contributed by atoms with Crippen LogP contribution in [-0.4, -0.2) is 27.0 Å². The number of fused-ring (bicyclic) bond motifs is 3. The van der Waals surface area contributed by atoms with Crippen LogP contribution in [0.4, 0.5) is 5.69 Å². The molecule has 0 atom stereocenters. The van der Waals surface area contributed by atoms with Gasteiger partial charge in [0.2, 0.25) is 0 Å². The van der Waals surface area contributed by atoms with Crippen molar-refractivity contribution in [2.45, 2.75) is 6.92 Å². The van der Waals surface area contributed by atoms with Crippen LogP contribution in [0.3, 0.4) is 0 Å². The molecule has 0 amide bonds. The van der Waals surface area contributed by atoms with E-state index >= 15 is 0 Å². The van der Waals surface area contributed by atoms with Crippen molar-refractivity contribution in [1.29, 1.82) is 0 Å². The van der Waals surface area contributed by atoms with Gasteiger partial charge in [-0.2, -0.15) is 0 Å². The Kier molecular flexibility index (Phi) is 5.17. The molecule has 7 nitrogen and oxygen atoms in total. The number of aryl methyl sites for hydroxylation is 1. The maximum atomic E-state index is 13.0. The van der Waals surface area contributed by atoms with Gasteiger partial charge in [0.1, 0.15) is 11.3 Å². The molecule has 1 aromatic heterocycles. The quantitative estimate of drug-likeness (QED) is 0.305. The molecule has 4 aromatic rings. The highest BCUT2D eigenvalue weighted by Crippen LogP contribution is 2.30. The Bertz CT molecular complexity index is 1680. The monoisotopic (exact) mass is 464 g/mol. The number of ketones is 3. The number of allylic oxidation sites excluding steroid dienone is 2. The van der Waals surface area contributed by atoms with Crippen LogP contribution in [-0.2, 0) is 7.05 Å². The summed E-state index contributed by atoms with van der Waals surface area (Å²) in [6.07, 6.45) is 1.22. The van der Waals surface area contributed by atoms with Crippen molar-refractivity contribution in [2.75, 3.05) is 5.32 Å². The summed E-state index contributed by atoms with van der Waals surface area (Å²) in [5.74, 6) is -1.49. The lowest BCUT2D eigenvalue weighted by Gasteiger charge is -2.18. The molecule has 0 fully saturated rings. The molecule has 1 heterocycles. The lowest BCUT2D eigenvalue weighted by molar-refractivity contribution is 0.0979. The lowest BCUT2D eigenvalue weighted by Crippen LogP contribution is -2.24. The number of rotatable bonds is 4. The molecule has 7 heteroatoms. The largest absolute Gasteiger partial charge is 0.506 e. The van der Waals surface area contributed by atoms with Crippen LogP contribution >= 0.6 is 0 Å². The molecule has 3 aromatic carbocycles. The van der Waals surface area contributed by atoms with Gasteiger partial charge < -0.3 is 15.0 Å². The topological polar surface area (TPSA) is 105 Å². The molecule has 35 heavy (non-hydrogen) atoms. The molecule has 0 radical (unpaired) electrons. The minimum absolute atomic E-state index is 0.216. The summed E-state index contributed by atoms with van der Waals surface area (Å²) < 4.78 is 1.32. The van der Waals surface area contributed by atoms with Gasteiger partial charge in [0.05, 0.1) is 5.52 Å². The van der Waals surface area contributed by atoms with E-state index in [-0.39, 0.29) is 28.4 Å². The van der Waals surface area contributed by atoms with Gasteiger partial charge in [0.25, 0.3) is 5.56 Å². The SMILES string of the molecule is C/C(=C/C(=O)c1c(O)c2ccccc2n(C)c1=O)Nc1ccc2c(c1)C(=O)c1ccccc1C2=O. The van der Waals surface area contributed by atoms with Crippen LogP contribution in [0.2, 0.25) is 0 Å². The first-order chi connectivity index (χ1) is 16.8. The van der Waals surface area contributed by atoms with Crippen molar-refractivity contribution in [3.63, 3.8) is 0 Å². The predicted octanol–water partition coefficient (Wildman–Crippen LogP) is 4.22. The number of carbonyl (C=O) groups excluding carboxylic acids is 3. The minimum atomic E-state index is -0.656. The smallest absolute Gasteiger partial charge is 0.265 e. The summed E-state index contributed by atoms with van der Waals surface area (Å²) in [5, 5.41) is 14.1. The van der Waals surface area contributed by atoms with Crippen molar-refractivity contribution >= 4 is 33.9 Å². The van der Waals surface area contributed by atoms with E-state index < -0.39 is 11.3 Å². The van der Waals surface area contributed by atoms with E-state index in [1.807, 2.05) is 0 Å². The van der Waals surface area contributed by atoms with Crippen molar-refractivity contribution in [2.24, 2.45) is 7.05 Å². The van der Waals surface area contributed by atoms with Crippen LogP contribution in [0, 0.1) is 0 Å². The van der Waals surface area contributed by atoms with E-state index in [1.165, 1.54) is 10.6 Å². The van der Waals surface area contributed by atoms with E-state index in [0.29, 0.717) is 39.0 Å². The van der Waals surface area contributed by atoms with Gasteiger partial charge in [-0.05, 0) is 37.3 Å². The summed E-state index contributed by atoms with van der Waals surface area (Å²) in [6.45, 7) is 1.63. The summed E-state index contributed by atoms with van der Waals surface area (Å²) in [6, 6.07) is 18.3. The Balaban J connectivity index is 1.47. The fourth-order valence-electron chi connectivity index (χ4n) is 4.41. The maximum Gasteiger partial charge on any atom is 0.265 e. The summed E-state index contributed by atoms with van der Waals surface area (Å²) in [5.41, 5.74) is 1.81. The average molecular weight is 464 g/mol. The van der Waals surface area contributed by atoms with Gasteiger partial charge >= 0.3 is 0 Å². The fourth-order valence-corrected chi connectivity index (χ4v) is 4.41. The highest BCUT2D eigenvalue weighted by Gasteiger charge is 2.29.